The normalized spacial score (nSPS) is 17.7. The van der Waals surface area contributed by atoms with Crippen molar-refractivity contribution in [3.8, 4) is 0 Å². The Morgan fingerprint density at radius 2 is 1.48 bits per heavy atom. The fourth-order valence-corrected chi connectivity index (χ4v) is 2.99. The Morgan fingerprint density at radius 3 is 2.10 bits per heavy atom. The highest BCUT2D eigenvalue weighted by atomic mass is 16.3. The van der Waals surface area contributed by atoms with Gasteiger partial charge in [0.1, 0.15) is 12.6 Å². The molecule has 1 aliphatic heterocycles. The van der Waals surface area contributed by atoms with Crippen LogP contribution in [-0.2, 0) is 0 Å². The average molecular weight is 283 g/mol. The number of benzene rings is 2. The molecule has 3 nitrogen and oxygen atoms in total. The van der Waals surface area contributed by atoms with E-state index in [2.05, 4.69) is 35.2 Å². The lowest BCUT2D eigenvalue weighted by atomic mass is 10.1. The van der Waals surface area contributed by atoms with Gasteiger partial charge in [0.2, 0.25) is 0 Å². The number of rotatable bonds is 4. The number of aliphatic hydroxyl groups excluding tert-OH is 1. The minimum absolute atomic E-state index is 0.357. The SMILES string of the molecule is O[C@H](C[NH+]1CCN(c2ccccc2)CC1)c1ccccc1. The molecule has 21 heavy (non-hydrogen) atoms. The van der Waals surface area contributed by atoms with Gasteiger partial charge >= 0.3 is 0 Å². The molecular weight excluding hydrogens is 260 g/mol. The molecule has 0 saturated carbocycles. The molecule has 3 heteroatoms. The van der Waals surface area contributed by atoms with E-state index in [1.54, 1.807) is 0 Å². The van der Waals surface area contributed by atoms with Crippen molar-refractivity contribution in [3.05, 3.63) is 66.2 Å². The number of hydrogen-bond acceptors (Lipinski definition) is 2. The van der Waals surface area contributed by atoms with Gasteiger partial charge in [-0.1, -0.05) is 48.5 Å². The number of piperazine rings is 1. The lowest BCUT2D eigenvalue weighted by Gasteiger charge is -2.34. The molecule has 0 radical (unpaired) electrons. The summed E-state index contributed by atoms with van der Waals surface area (Å²) in [6, 6.07) is 20.6. The van der Waals surface area contributed by atoms with E-state index in [4.69, 9.17) is 0 Å². The summed E-state index contributed by atoms with van der Waals surface area (Å²) < 4.78 is 0. The van der Waals surface area contributed by atoms with Gasteiger partial charge in [0.25, 0.3) is 0 Å². The first kappa shape index (κ1) is 14.1. The monoisotopic (exact) mass is 283 g/mol. The van der Waals surface area contributed by atoms with Crippen molar-refractivity contribution in [2.75, 3.05) is 37.6 Å². The van der Waals surface area contributed by atoms with Crippen LogP contribution in [0, 0.1) is 0 Å². The molecule has 0 aromatic heterocycles. The quantitative estimate of drug-likeness (QED) is 0.880. The predicted molar refractivity (Wildman–Crippen MR) is 85.6 cm³/mol. The second-order valence-electron chi connectivity index (χ2n) is 5.70. The Kier molecular flexibility index (Phi) is 4.53. The Balaban J connectivity index is 1.52. The molecule has 1 saturated heterocycles. The molecule has 3 rings (SSSR count). The van der Waals surface area contributed by atoms with E-state index in [1.165, 1.54) is 10.6 Å². The molecule has 0 unspecified atom stereocenters. The zero-order valence-electron chi connectivity index (χ0n) is 12.3. The number of anilines is 1. The molecule has 0 amide bonds. The highest BCUT2D eigenvalue weighted by Crippen LogP contribution is 2.13. The van der Waals surface area contributed by atoms with E-state index in [9.17, 15) is 5.11 Å². The van der Waals surface area contributed by atoms with Crippen LogP contribution in [0.25, 0.3) is 0 Å². The van der Waals surface area contributed by atoms with Crippen LogP contribution in [0.3, 0.4) is 0 Å². The van der Waals surface area contributed by atoms with Crippen LogP contribution >= 0.6 is 0 Å². The van der Waals surface area contributed by atoms with Crippen molar-refractivity contribution in [2.45, 2.75) is 6.10 Å². The fraction of sp³-hybridized carbons (Fsp3) is 0.333. The van der Waals surface area contributed by atoms with E-state index in [0.29, 0.717) is 0 Å². The Hall–Kier alpha value is -1.84. The third-order valence-corrected chi connectivity index (χ3v) is 4.26. The van der Waals surface area contributed by atoms with Crippen molar-refractivity contribution in [1.82, 2.24) is 0 Å². The third kappa shape index (κ3) is 3.63. The van der Waals surface area contributed by atoms with Crippen molar-refractivity contribution >= 4 is 5.69 Å². The molecule has 2 N–H and O–H groups in total. The van der Waals surface area contributed by atoms with E-state index in [1.807, 2.05) is 30.3 Å². The summed E-state index contributed by atoms with van der Waals surface area (Å²) in [5.74, 6) is 0. The van der Waals surface area contributed by atoms with Crippen LogP contribution < -0.4 is 9.80 Å². The highest BCUT2D eigenvalue weighted by Gasteiger charge is 2.22. The summed E-state index contributed by atoms with van der Waals surface area (Å²) in [5, 5.41) is 10.3. The minimum atomic E-state index is -0.357. The van der Waals surface area contributed by atoms with E-state index in [-0.39, 0.29) is 6.10 Å². The van der Waals surface area contributed by atoms with Gasteiger partial charge in [-0.25, -0.2) is 0 Å². The highest BCUT2D eigenvalue weighted by molar-refractivity contribution is 5.46. The van der Waals surface area contributed by atoms with Crippen LogP contribution in [0.4, 0.5) is 5.69 Å². The van der Waals surface area contributed by atoms with Gasteiger partial charge in [-0.05, 0) is 17.7 Å². The van der Waals surface area contributed by atoms with Crippen LogP contribution in [0.5, 0.6) is 0 Å². The summed E-state index contributed by atoms with van der Waals surface area (Å²) in [6.07, 6.45) is -0.357. The molecule has 0 spiro atoms. The first-order valence-corrected chi connectivity index (χ1v) is 7.69. The Morgan fingerprint density at radius 1 is 0.905 bits per heavy atom. The summed E-state index contributed by atoms with van der Waals surface area (Å²) in [6.45, 7) is 5.08. The van der Waals surface area contributed by atoms with Gasteiger partial charge < -0.3 is 14.9 Å². The van der Waals surface area contributed by atoms with Crippen LogP contribution in [0.15, 0.2) is 60.7 Å². The maximum atomic E-state index is 10.3. The molecule has 1 aliphatic rings. The second-order valence-corrected chi connectivity index (χ2v) is 5.70. The lowest BCUT2D eigenvalue weighted by Crippen LogP contribution is -3.15. The molecule has 2 aromatic carbocycles. The summed E-state index contributed by atoms with van der Waals surface area (Å²) in [4.78, 5) is 3.91. The standard InChI is InChI=1S/C18H22N2O/c21-18(16-7-3-1-4-8-16)15-19-11-13-20(14-12-19)17-9-5-2-6-10-17/h1-10,18,21H,11-15H2/p+1/t18-/m1/s1. The zero-order valence-corrected chi connectivity index (χ0v) is 12.3. The lowest BCUT2D eigenvalue weighted by molar-refractivity contribution is -0.904. The molecule has 1 atom stereocenters. The van der Waals surface area contributed by atoms with E-state index in [0.717, 1.165) is 38.3 Å². The van der Waals surface area contributed by atoms with Gasteiger partial charge in [-0.2, -0.15) is 0 Å². The average Bonchev–Trinajstić information content (AvgIpc) is 2.57. The van der Waals surface area contributed by atoms with Gasteiger partial charge in [0, 0.05) is 5.69 Å². The summed E-state index contributed by atoms with van der Waals surface area (Å²) in [5.41, 5.74) is 2.33. The van der Waals surface area contributed by atoms with Crippen molar-refractivity contribution < 1.29 is 10.0 Å². The summed E-state index contributed by atoms with van der Waals surface area (Å²) in [7, 11) is 0. The summed E-state index contributed by atoms with van der Waals surface area (Å²) >= 11 is 0. The largest absolute Gasteiger partial charge is 0.382 e. The number of nitrogens with one attached hydrogen (secondary N) is 1. The van der Waals surface area contributed by atoms with Crippen molar-refractivity contribution in [1.29, 1.82) is 0 Å². The Bertz CT molecular complexity index is 536. The predicted octanol–water partition coefficient (Wildman–Crippen LogP) is 1.13. The van der Waals surface area contributed by atoms with Crippen molar-refractivity contribution in [3.63, 3.8) is 0 Å². The smallest absolute Gasteiger partial charge is 0.128 e. The fourth-order valence-electron chi connectivity index (χ4n) is 2.99. The van der Waals surface area contributed by atoms with Crippen LogP contribution in [0.1, 0.15) is 11.7 Å². The maximum absolute atomic E-state index is 10.3. The van der Waals surface area contributed by atoms with Crippen LogP contribution in [-0.4, -0.2) is 37.8 Å². The molecule has 1 heterocycles. The first-order chi connectivity index (χ1) is 10.3. The van der Waals surface area contributed by atoms with Gasteiger partial charge in [0.15, 0.2) is 0 Å². The first-order valence-electron chi connectivity index (χ1n) is 7.69. The number of nitrogens with zero attached hydrogens (tertiary/aromatic N) is 1. The van der Waals surface area contributed by atoms with Crippen LogP contribution in [0.2, 0.25) is 0 Å². The molecule has 1 fully saturated rings. The molecule has 0 aliphatic carbocycles. The molecule has 110 valence electrons. The minimum Gasteiger partial charge on any atom is -0.382 e. The van der Waals surface area contributed by atoms with Crippen molar-refractivity contribution in [2.24, 2.45) is 0 Å². The number of quaternary nitrogens is 1. The number of aliphatic hydroxyl groups is 1. The zero-order chi connectivity index (χ0) is 14.5. The van der Waals surface area contributed by atoms with E-state index < -0.39 is 0 Å². The number of hydrogen-bond donors (Lipinski definition) is 2. The topological polar surface area (TPSA) is 27.9 Å². The Labute approximate surface area is 126 Å². The maximum Gasteiger partial charge on any atom is 0.128 e. The molecule has 0 bridgehead atoms. The third-order valence-electron chi connectivity index (χ3n) is 4.26. The van der Waals surface area contributed by atoms with Gasteiger partial charge in [0.05, 0.1) is 26.2 Å². The van der Waals surface area contributed by atoms with E-state index >= 15 is 0 Å². The number of para-hydroxylation sites is 1. The van der Waals surface area contributed by atoms with Gasteiger partial charge in [-0.15, -0.1) is 0 Å². The molecule has 2 aromatic rings. The molecular formula is C18H23N2O+. The van der Waals surface area contributed by atoms with Gasteiger partial charge in [-0.3, -0.25) is 0 Å². The second kappa shape index (κ2) is 6.74.